The fourth-order valence-corrected chi connectivity index (χ4v) is 1.15. The Hall–Kier alpha value is -1.51. The summed E-state index contributed by atoms with van der Waals surface area (Å²) in [6.45, 7) is 0.0675. The van der Waals surface area contributed by atoms with E-state index >= 15 is 0 Å². The van der Waals surface area contributed by atoms with E-state index in [1.807, 2.05) is 0 Å². The maximum atomic E-state index is 12.1. The van der Waals surface area contributed by atoms with E-state index in [4.69, 9.17) is 15.7 Å². The van der Waals surface area contributed by atoms with Crippen LogP contribution in [0.5, 0.6) is 0 Å². The Labute approximate surface area is 102 Å². The lowest BCUT2D eigenvalue weighted by Crippen LogP contribution is -2.38. The van der Waals surface area contributed by atoms with Gasteiger partial charge < -0.3 is 20.6 Å². The molecule has 3 N–H and O–H groups in total. The molecule has 106 valence electrons. The summed E-state index contributed by atoms with van der Waals surface area (Å²) in [4.78, 5) is 12.3. The number of alkyl halides is 3. The van der Waals surface area contributed by atoms with Gasteiger partial charge in [-0.25, -0.2) is 0 Å². The standard InChI is InChI=1S/C9H16F3N3O3/c1-18-5-4-15(3-2-7(13)14-17)8(16)6-9(10,11)12/h17H,2-6H2,1H3,(H2,13,14). The number of oxime groups is 1. The molecule has 0 aliphatic heterocycles. The van der Waals surface area contributed by atoms with Crippen LogP contribution in [0, 0.1) is 0 Å². The first-order valence-electron chi connectivity index (χ1n) is 5.10. The molecule has 0 saturated heterocycles. The van der Waals surface area contributed by atoms with Gasteiger partial charge in [-0.2, -0.15) is 13.2 Å². The van der Waals surface area contributed by atoms with Crippen LogP contribution in [0.3, 0.4) is 0 Å². The lowest BCUT2D eigenvalue weighted by molar-refractivity contribution is -0.161. The van der Waals surface area contributed by atoms with Gasteiger partial charge in [-0.15, -0.1) is 0 Å². The third-order valence-corrected chi connectivity index (χ3v) is 2.04. The van der Waals surface area contributed by atoms with E-state index < -0.39 is 18.5 Å². The highest BCUT2D eigenvalue weighted by atomic mass is 19.4. The molecule has 0 aromatic heterocycles. The minimum atomic E-state index is -4.56. The average Bonchev–Trinajstić information content (AvgIpc) is 2.26. The van der Waals surface area contributed by atoms with Gasteiger partial charge in [0.25, 0.3) is 0 Å². The molecule has 0 spiro atoms. The fourth-order valence-electron chi connectivity index (χ4n) is 1.15. The predicted molar refractivity (Wildman–Crippen MR) is 57.2 cm³/mol. The number of amides is 1. The van der Waals surface area contributed by atoms with Crippen molar-refractivity contribution in [1.29, 1.82) is 0 Å². The zero-order chi connectivity index (χ0) is 14.2. The van der Waals surface area contributed by atoms with Crippen molar-refractivity contribution in [3.63, 3.8) is 0 Å². The minimum Gasteiger partial charge on any atom is -0.409 e. The van der Waals surface area contributed by atoms with Crippen LogP contribution in [0.25, 0.3) is 0 Å². The maximum Gasteiger partial charge on any atom is 0.397 e. The van der Waals surface area contributed by atoms with E-state index in [9.17, 15) is 18.0 Å². The molecule has 9 heteroatoms. The van der Waals surface area contributed by atoms with Crippen LogP contribution in [-0.4, -0.2) is 54.8 Å². The van der Waals surface area contributed by atoms with Crippen LogP contribution in [-0.2, 0) is 9.53 Å². The summed E-state index contributed by atoms with van der Waals surface area (Å²) in [6, 6.07) is 0. The van der Waals surface area contributed by atoms with Gasteiger partial charge in [0.05, 0.1) is 6.61 Å². The van der Waals surface area contributed by atoms with Crippen molar-refractivity contribution < 1.29 is 27.9 Å². The largest absolute Gasteiger partial charge is 0.409 e. The minimum absolute atomic E-state index is 0.0101. The van der Waals surface area contributed by atoms with Gasteiger partial charge in [0.15, 0.2) is 0 Å². The first kappa shape index (κ1) is 16.5. The van der Waals surface area contributed by atoms with E-state index in [1.165, 1.54) is 7.11 Å². The zero-order valence-corrected chi connectivity index (χ0v) is 9.90. The summed E-state index contributed by atoms with van der Waals surface area (Å²) in [5.41, 5.74) is 5.19. The van der Waals surface area contributed by atoms with E-state index in [0.717, 1.165) is 4.90 Å². The van der Waals surface area contributed by atoms with Crippen LogP contribution in [0.1, 0.15) is 12.8 Å². The van der Waals surface area contributed by atoms with E-state index in [0.29, 0.717) is 0 Å². The molecule has 0 aliphatic carbocycles. The van der Waals surface area contributed by atoms with Gasteiger partial charge in [-0.3, -0.25) is 4.79 Å². The molecular weight excluding hydrogens is 255 g/mol. The Morgan fingerprint density at radius 2 is 2.06 bits per heavy atom. The van der Waals surface area contributed by atoms with Gasteiger partial charge >= 0.3 is 6.18 Å². The Balaban J connectivity index is 4.42. The number of hydrogen-bond acceptors (Lipinski definition) is 4. The van der Waals surface area contributed by atoms with E-state index in [1.54, 1.807) is 0 Å². The number of amidine groups is 1. The SMILES string of the molecule is COCCN(CCC(N)=NO)C(=O)CC(F)(F)F. The normalized spacial score (nSPS) is 12.6. The molecule has 0 heterocycles. The van der Waals surface area contributed by atoms with Crippen molar-refractivity contribution in [2.24, 2.45) is 10.9 Å². The fraction of sp³-hybridized carbons (Fsp3) is 0.778. The monoisotopic (exact) mass is 271 g/mol. The number of hydrogen-bond donors (Lipinski definition) is 2. The second kappa shape index (κ2) is 7.75. The second-order valence-corrected chi connectivity index (χ2v) is 3.51. The molecule has 0 aromatic rings. The molecule has 0 radical (unpaired) electrons. The van der Waals surface area contributed by atoms with Crippen molar-refractivity contribution in [2.75, 3.05) is 26.8 Å². The summed E-state index contributed by atoms with van der Waals surface area (Å²) < 4.78 is 41.0. The molecule has 0 saturated carbocycles. The number of nitrogens with zero attached hydrogens (tertiary/aromatic N) is 2. The number of carbonyl (C=O) groups excluding carboxylic acids is 1. The highest BCUT2D eigenvalue weighted by molar-refractivity contribution is 5.81. The Morgan fingerprint density at radius 3 is 2.50 bits per heavy atom. The van der Waals surface area contributed by atoms with Gasteiger partial charge in [-0.1, -0.05) is 5.16 Å². The Bertz CT molecular complexity index is 295. The topological polar surface area (TPSA) is 88.2 Å². The van der Waals surface area contributed by atoms with Crippen molar-refractivity contribution in [3.05, 3.63) is 0 Å². The number of carbonyl (C=O) groups is 1. The molecule has 0 aliphatic rings. The van der Waals surface area contributed by atoms with Gasteiger partial charge in [0.2, 0.25) is 5.91 Å². The summed E-state index contributed by atoms with van der Waals surface area (Å²) in [5, 5.41) is 11.0. The summed E-state index contributed by atoms with van der Waals surface area (Å²) in [6.07, 6.45) is -6.10. The molecule has 0 bridgehead atoms. The average molecular weight is 271 g/mol. The lowest BCUT2D eigenvalue weighted by atomic mass is 10.3. The molecule has 0 unspecified atom stereocenters. The van der Waals surface area contributed by atoms with Crippen molar-refractivity contribution >= 4 is 11.7 Å². The zero-order valence-electron chi connectivity index (χ0n) is 9.90. The number of halogens is 3. The predicted octanol–water partition coefficient (Wildman–Crippen LogP) is 0.550. The van der Waals surface area contributed by atoms with Gasteiger partial charge in [0.1, 0.15) is 12.3 Å². The Kier molecular flexibility index (Phi) is 7.10. The lowest BCUT2D eigenvalue weighted by Gasteiger charge is -2.22. The Morgan fingerprint density at radius 1 is 1.44 bits per heavy atom. The van der Waals surface area contributed by atoms with Crippen LogP contribution in [0.2, 0.25) is 0 Å². The third kappa shape index (κ3) is 7.71. The molecule has 0 rings (SSSR count). The highest BCUT2D eigenvalue weighted by Crippen LogP contribution is 2.20. The highest BCUT2D eigenvalue weighted by Gasteiger charge is 2.33. The van der Waals surface area contributed by atoms with E-state index in [2.05, 4.69) is 5.16 Å². The van der Waals surface area contributed by atoms with Crippen molar-refractivity contribution in [3.8, 4) is 0 Å². The number of rotatable bonds is 7. The molecule has 1 amide bonds. The van der Waals surface area contributed by atoms with Crippen LogP contribution < -0.4 is 5.73 Å². The number of ether oxygens (including phenoxy) is 1. The molecule has 0 atom stereocenters. The first-order chi connectivity index (χ1) is 8.30. The van der Waals surface area contributed by atoms with Crippen LogP contribution in [0.4, 0.5) is 13.2 Å². The van der Waals surface area contributed by atoms with Gasteiger partial charge in [0, 0.05) is 26.6 Å². The smallest absolute Gasteiger partial charge is 0.397 e. The molecule has 0 aromatic carbocycles. The molecule has 6 nitrogen and oxygen atoms in total. The summed E-state index contributed by atoms with van der Waals surface area (Å²) >= 11 is 0. The summed E-state index contributed by atoms with van der Waals surface area (Å²) in [7, 11) is 1.37. The second-order valence-electron chi connectivity index (χ2n) is 3.51. The van der Waals surface area contributed by atoms with Crippen LogP contribution >= 0.6 is 0 Å². The van der Waals surface area contributed by atoms with Gasteiger partial charge in [-0.05, 0) is 0 Å². The van der Waals surface area contributed by atoms with E-state index in [-0.39, 0.29) is 32.0 Å². The maximum absolute atomic E-state index is 12.1. The summed E-state index contributed by atoms with van der Waals surface area (Å²) in [5.74, 6) is -1.22. The molecule has 18 heavy (non-hydrogen) atoms. The third-order valence-electron chi connectivity index (χ3n) is 2.04. The molecular formula is C9H16F3N3O3. The first-order valence-corrected chi connectivity index (χ1v) is 5.10. The molecule has 0 fully saturated rings. The number of nitrogens with two attached hydrogens (primary N) is 1. The quantitative estimate of drug-likeness (QED) is 0.306. The van der Waals surface area contributed by atoms with Crippen LogP contribution in [0.15, 0.2) is 5.16 Å². The van der Waals surface area contributed by atoms with Crippen molar-refractivity contribution in [1.82, 2.24) is 4.90 Å². The van der Waals surface area contributed by atoms with Crippen molar-refractivity contribution in [2.45, 2.75) is 19.0 Å². The number of methoxy groups -OCH3 is 1.